The molecule has 0 spiro atoms. The van der Waals surface area contributed by atoms with Gasteiger partial charge in [0.25, 0.3) is 0 Å². The molecule has 36 heavy (non-hydrogen) atoms. The zero-order chi connectivity index (χ0) is 25.5. The van der Waals surface area contributed by atoms with E-state index in [2.05, 4.69) is 12.2 Å². The van der Waals surface area contributed by atoms with Crippen LogP contribution in [0.4, 0.5) is 9.18 Å². The first-order chi connectivity index (χ1) is 17.1. The fraction of sp³-hybridized carbons (Fsp3) is 0.536. The number of amides is 2. The van der Waals surface area contributed by atoms with E-state index in [0.29, 0.717) is 6.54 Å². The Morgan fingerprint density at radius 2 is 1.69 bits per heavy atom. The summed E-state index contributed by atoms with van der Waals surface area (Å²) in [5.41, 5.74) is 0.703. The third kappa shape index (κ3) is 5.24. The van der Waals surface area contributed by atoms with E-state index in [0.717, 1.165) is 61.1 Å². The third-order valence-corrected chi connectivity index (χ3v) is 9.62. The quantitative estimate of drug-likeness (QED) is 0.447. The second kappa shape index (κ2) is 9.69. The number of urea groups is 1. The highest BCUT2D eigenvalue weighted by Gasteiger charge is 2.52. The Bertz CT molecular complexity index is 1180. The second-order valence-corrected chi connectivity index (χ2v) is 12.7. The van der Waals surface area contributed by atoms with Crippen molar-refractivity contribution in [1.29, 1.82) is 0 Å². The van der Waals surface area contributed by atoms with Gasteiger partial charge >= 0.3 is 16.1 Å². The van der Waals surface area contributed by atoms with Gasteiger partial charge in [-0.25, -0.2) is 9.18 Å². The molecule has 0 aromatic heterocycles. The molecule has 2 aromatic carbocycles. The van der Waals surface area contributed by atoms with Crippen molar-refractivity contribution in [3.63, 3.8) is 0 Å². The van der Waals surface area contributed by atoms with E-state index in [1.54, 1.807) is 18.2 Å². The van der Waals surface area contributed by atoms with Crippen LogP contribution in [0.25, 0.3) is 0 Å². The molecule has 4 bridgehead atoms. The fourth-order valence-electron chi connectivity index (χ4n) is 6.88. The standard InChI is InChI=1S/C28H35FN2O4S/c1-3-19(2)31(27(32)30-28-15-21-11-22(16-28)13-23(12-21)17-28)18-20-5-4-6-25(14-20)35-36(33,34)26-9-7-24(29)8-10-26/h4-10,14,19,21-23H,3,11-13,15-18H2,1-2H3,(H,30,32). The lowest BCUT2D eigenvalue weighted by Crippen LogP contribution is -2.62. The van der Waals surface area contributed by atoms with Gasteiger partial charge in [0.15, 0.2) is 0 Å². The molecule has 0 heterocycles. The summed E-state index contributed by atoms with van der Waals surface area (Å²) in [5.74, 6) is 1.86. The number of nitrogens with zero attached hydrogens (tertiary/aromatic N) is 1. The van der Waals surface area contributed by atoms with Crippen LogP contribution in [0.3, 0.4) is 0 Å². The normalized spacial score (nSPS) is 27.5. The number of hydrogen-bond acceptors (Lipinski definition) is 4. The van der Waals surface area contributed by atoms with Gasteiger partial charge in [0, 0.05) is 18.1 Å². The molecular formula is C28H35FN2O4S. The Labute approximate surface area is 213 Å². The molecule has 1 unspecified atom stereocenters. The van der Waals surface area contributed by atoms with Gasteiger partial charge in [-0.15, -0.1) is 0 Å². The van der Waals surface area contributed by atoms with Crippen LogP contribution in [0.2, 0.25) is 0 Å². The van der Waals surface area contributed by atoms with Crippen LogP contribution in [-0.4, -0.2) is 30.9 Å². The number of hydrogen-bond donors (Lipinski definition) is 1. The summed E-state index contributed by atoms with van der Waals surface area (Å²) in [6.07, 6.45) is 8.02. The van der Waals surface area contributed by atoms with E-state index >= 15 is 0 Å². The van der Waals surface area contributed by atoms with Gasteiger partial charge in [0.1, 0.15) is 16.5 Å². The molecule has 4 fully saturated rings. The van der Waals surface area contributed by atoms with E-state index in [-0.39, 0.29) is 28.3 Å². The van der Waals surface area contributed by atoms with E-state index in [4.69, 9.17) is 4.18 Å². The predicted octanol–water partition coefficient (Wildman–Crippen LogP) is 5.87. The minimum Gasteiger partial charge on any atom is -0.379 e. The molecule has 0 saturated heterocycles. The predicted molar refractivity (Wildman–Crippen MR) is 135 cm³/mol. The van der Waals surface area contributed by atoms with Gasteiger partial charge in [0.05, 0.1) is 0 Å². The van der Waals surface area contributed by atoms with Gasteiger partial charge in [-0.1, -0.05) is 19.1 Å². The summed E-state index contributed by atoms with van der Waals surface area (Å²) < 4.78 is 43.8. The molecule has 194 valence electrons. The van der Waals surface area contributed by atoms with Crippen LogP contribution in [0, 0.1) is 23.6 Å². The maximum absolute atomic E-state index is 13.6. The maximum Gasteiger partial charge on any atom is 0.339 e. The molecule has 8 heteroatoms. The summed E-state index contributed by atoms with van der Waals surface area (Å²) in [7, 11) is -4.10. The van der Waals surface area contributed by atoms with E-state index in [1.165, 1.54) is 31.4 Å². The highest BCUT2D eigenvalue weighted by molar-refractivity contribution is 7.87. The number of benzene rings is 2. The summed E-state index contributed by atoms with van der Waals surface area (Å²) >= 11 is 0. The Kier molecular flexibility index (Phi) is 6.74. The highest BCUT2D eigenvalue weighted by Crippen LogP contribution is 2.55. The lowest BCUT2D eigenvalue weighted by atomic mass is 9.53. The molecule has 4 aliphatic carbocycles. The molecule has 4 aliphatic rings. The lowest BCUT2D eigenvalue weighted by molar-refractivity contribution is -0.0165. The van der Waals surface area contributed by atoms with Crippen molar-refractivity contribution in [3.8, 4) is 5.75 Å². The Morgan fingerprint density at radius 1 is 1.08 bits per heavy atom. The van der Waals surface area contributed by atoms with Crippen LogP contribution in [-0.2, 0) is 16.7 Å². The van der Waals surface area contributed by atoms with Crippen LogP contribution in [0.15, 0.2) is 53.4 Å². The first kappa shape index (κ1) is 25.1. The Hall–Kier alpha value is -2.61. The minimum absolute atomic E-state index is 0.0198. The van der Waals surface area contributed by atoms with Gasteiger partial charge in [-0.2, -0.15) is 8.42 Å². The number of nitrogens with one attached hydrogen (secondary N) is 1. The van der Waals surface area contributed by atoms with Crippen molar-refractivity contribution in [3.05, 3.63) is 59.9 Å². The third-order valence-electron chi connectivity index (χ3n) is 8.35. The Balaban J connectivity index is 1.30. The zero-order valence-corrected chi connectivity index (χ0v) is 21.8. The largest absolute Gasteiger partial charge is 0.379 e. The Morgan fingerprint density at radius 3 is 2.28 bits per heavy atom. The molecule has 1 N–H and O–H groups in total. The van der Waals surface area contributed by atoms with Crippen molar-refractivity contribution in [1.82, 2.24) is 10.2 Å². The monoisotopic (exact) mass is 514 g/mol. The smallest absolute Gasteiger partial charge is 0.339 e. The van der Waals surface area contributed by atoms with E-state index in [9.17, 15) is 17.6 Å². The van der Waals surface area contributed by atoms with Crippen molar-refractivity contribution >= 4 is 16.1 Å². The topological polar surface area (TPSA) is 75.7 Å². The molecule has 2 aromatic rings. The summed E-state index contributed by atoms with van der Waals surface area (Å²) in [6, 6.07) is 11.3. The van der Waals surface area contributed by atoms with Gasteiger partial charge in [-0.3, -0.25) is 0 Å². The number of carbonyl (C=O) groups is 1. The van der Waals surface area contributed by atoms with Crippen LogP contribution < -0.4 is 9.50 Å². The van der Waals surface area contributed by atoms with Crippen LogP contribution >= 0.6 is 0 Å². The first-order valence-electron chi connectivity index (χ1n) is 13.0. The minimum atomic E-state index is -4.10. The molecule has 1 atom stereocenters. The van der Waals surface area contributed by atoms with E-state index < -0.39 is 15.9 Å². The average molecular weight is 515 g/mol. The van der Waals surface area contributed by atoms with Crippen molar-refractivity contribution in [2.24, 2.45) is 17.8 Å². The van der Waals surface area contributed by atoms with Gasteiger partial charge < -0.3 is 14.4 Å². The fourth-order valence-corrected chi connectivity index (χ4v) is 7.80. The molecule has 6 rings (SSSR count). The SMILES string of the molecule is CCC(C)N(Cc1cccc(OS(=O)(=O)c2ccc(F)cc2)c1)C(=O)NC12CC3CC(CC(C3)C1)C2. The van der Waals surface area contributed by atoms with Crippen LogP contribution in [0.1, 0.15) is 64.4 Å². The summed E-state index contributed by atoms with van der Waals surface area (Å²) in [5, 5.41) is 3.47. The molecular weight excluding hydrogens is 479 g/mol. The first-order valence-corrected chi connectivity index (χ1v) is 14.4. The summed E-state index contributed by atoms with van der Waals surface area (Å²) in [4.78, 5) is 15.3. The van der Waals surface area contributed by atoms with Crippen LogP contribution in [0.5, 0.6) is 5.75 Å². The van der Waals surface area contributed by atoms with Crippen molar-refractivity contribution in [2.75, 3.05) is 0 Å². The zero-order valence-electron chi connectivity index (χ0n) is 21.0. The van der Waals surface area contributed by atoms with Gasteiger partial charge in [0.2, 0.25) is 0 Å². The second-order valence-electron chi connectivity index (χ2n) is 11.2. The number of halogens is 1. The van der Waals surface area contributed by atoms with Crippen molar-refractivity contribution in [2.45, 2.75) is 81.8 Å². The van der Waals surface area contributed by atoms with Gasteiger partial charge in [-0.05, 0) is 112 Å². The molecule has 0 radical (unpaired) electrons. The highest BCUT2D eigenvalue weighted by atomic mass is 32.2. The number of rotatable bonds is 8. The summed E-state index contributed by atoms with van der Waals surface area (Å²) in [6.45, 7) is 4.45. The molecule has 2 amide bonds. The average Bonchev–Trinajstić information content (AvgIpc) is 2.81. The molecule has 0 aliphatic heterocycles. The molecule has 6 nitrogen and oxygen atoms in total. The van der Waals surface area contributed by atoms with Crippen molar-refractivity contribution < 1.29 is 21.8 Å². The number of carbonyl (C=O) groups excluding carboxylic acids is 1. The van der Waals surface area contributed by atoms with E-state index in [1.807, 2.05) is 17.9 Å². The lowest BCUT2D eigenvalue weighted by Gasteiger charge is -2.57. The maximum atomic E-state index is 13.6. The molecule has 4 saturated carbocycles.